The van der Waals surface area contributed by atoms with Crippen molar-refractivity contribution in [3.05, 3.63) is 57.6 Å². The topological polar surface area (TPSA) is 80.3 Å². The lowest BCUT2D eigenvalue weighted by Gasteiger charge is -2.25. The van der Waals surface area contributed by atoms with Crippen molar-refractivity contribution in [2.45, 2.75) is 128 Å². The molecule has 7 heteroatoms. The Hall–Kier alpha value is -1.70. The van der Waals surface area contributed by atoms with Gasteiger partial charge in [-0.05, 0) is 68.9 Å². The highest BCUT2D eigenvalue weighted by Gasteiger charge is 2.34. The summed E-state index contributed by atoms with van der Waals surface area (Å²) in [6, 6.07) is 7.66. The number of sulfonamides is 2. The molecule has 0 aliphatic rings. The van der Waals surface area contributed by atoms with E-state index in [1.807, 2.05) is 79.7 Å². The minimum Gasteiger partial charge on any atom is -0.206 e. The summed E-state index contributed by atoms with van der Waals surface area (Å²) in [5, 5.41) is 0. The Labute approximate surface area is 226 Å². The van der Waals surface area contributed by atoms with Crippen LogP contribution >= 0.6 is 0 Å². The van der Waals surface area contributed by atoms with Gasteiger partial charge in [-0.3, -0.25) is 0 Å². The molecule has 2 rings (SSSR count). The van der Waals surface area contributed by atoms with Crippen LogP contribution in [0.3, 0.4) is 0 Å². The summed E-state index contributed by atoms with van der Waals surface area (Å²) in [5.41, 5.74) is 4.65. The van der Waals surface area contributed by atoms with E-state index in [9.17, 15) is 16.8 Å². The maximum absolute atomic E-state index is 14.0. The average molecular weight is 550 g/mol. The third kappa shape index (κ3) is 6.85. The third-order valence-corrected chi connectivity index (χ3v) is 10.7. The van der Waals surface area contributed by atoms with Gasteiger partial charge in [0.1, 0.15) is 0 Å². The molecule has 0 fully saturated rings. The van der Waals surface area contributed by atoms with Crippen LogP contribution in [0.15, 0.2) is 34.1 Å². The summed E-state index contributed by atoms with van der Waals surface area (Å²) < 4.78 is 58.2. The van der Waals surface area contributed by atoms with E-state index in [1.54, 1.807) is 0 Å². The third-order valence-electron chi connectivity index (χ3n) is 6.92. The predicted molar refractivity (Wildman–Crippen MR) is 155 cm³/mol. The quantitative estimate of drug-likeness (QED) is 0.325. The maximum atomic E-state index is 14.0. The standard InChI is InChI=1S/C30H47NO4S2/c1-17(2)23-13-25(19(5)6)29(26(14-23)20(7)8)36(32,33)31-37(34,35)30-27(21(9)10)15-24(18(3)4)16-28(30)22(11)12/h13-22,31H,1-12H3. The second kappa shape index (κ2) is 11.6. The van der Waals surface area contributed by atoms with E-state index >= 15 is 0 Å². The molecule has 0 radical (unpaired) electrons. The van der Waals surface area contributed by atoms with Gasteiger partial charge in [0.15, 0.2) is 0 Å². The van der Waals surface area contributed by atoms with E-state index in [2.05, 4.69) is 31.8 Å². The highest BCUT2D eigenvalue weighted by Crippen LogP contribution is 2.38. The van der Waals surface area contributed by atoms with Gasteiger partial charge in [0.05, 0.1) is 9.79 Å². The molecule has 0 amide bonds. The predicted octanol–water partition coefficient (Wildman–Crippen LogP) is 8.09. The zero-order valence-corrected chi connectivity index (χ0v) is 26.4. The van der Waals surface area contributed by atoms with Crippen LogP contribution in [0.2, 0.25) is 0 Å². The van der Waals surface area contributed by atoms with E-state index in [1.165, 1.54) is 0 Å². The Bertz CT molecular complexity index is 1170. The largest absolute Gasteiger partial charge is 0.254 e. The fourth-order valence-electron chi connectivity index (χ4n) is 4.63. The highest BCUT2D eigenvalue weighted by atomic mass is 32.3. The second-order valence-electron chi connectivity index (χ2n) is 12.1. The summed E-state index contributed by atoms with van der Waals surface area (Å²) >= 11 is 0. The molecule has 0 aliphatic heterocycles. The molecule has 2 aromatic rings. The van der Waals surface area contributed by atoms with Gasteiger partial charge >= 0.3 is 0 Å². The molecule has 0 unspecified atom stereocenters. The molecule has 208 valence electrons. The second-order valence-corrected chi connectivity index (χ2v) is 15.6. The first-order chi connectivity index (χ1) is 16.8. The molecule has 37 heavy (non-hydrogen) atoms. The first-order valence-electron chi connectivity index (χ1n) is 13.5. The van der Waals surface area contributed by atoms with E-state index in [0.717, 1.165) is 11.1 Å². The van der Waals surface area contributed by atoms with Crippen molar-refractivity contribution in [2.24, 2.45) is 0 Å². The van der Waals surface area contributed by atoms with Crippen molar-refractivity contribution < 1.29 is 16.8 Å². The molecular formula is C30H47NO4S2. The van der Waals surface area contributed by atoms with Crippen LogP contribution in [0.4, 0.5) is 0 Å². The summed E-state index contributed by atoms with van der Waals surface area (Å²) in [6.07, 6.45) is 0. The van der Waals surface area contributed by atoms with Crippen molar-refractivity contribution >= 4 is 20.0 Å². The molecule has 0 saturated carbocycles. The van der Waals surface area contributed by atoms with E-state index in [4.69, 9.17) is 0 Å². The molecular weight excluding hydrogens is 502 g/mol. The molecule has 2 aromatic carbocycles. The van der Waals surface area contributed by atoms with Crippen molar-refractivity contribution in [3.8, 4) is 0 Å². The lowest BCUT2D eigenvalue weighted by atomic mass is 9.89. The van der Waals surface area contributed by atoms with Crippen LogP contribution in [0.1, 0.15) is 152 Å². The zero-order valence-electron chi connectivity index (χ0n) is 24.7. The van der Waals surface area contributed by atoms with Gasteiger partial charge in [-0.2, -0.15) is 0 Å². The molecule has 0 heterocycles. The van der Waals surface area contributed by atoms with Crippen LogP contribution < -0.4 is 4.13 Å². The van der Waals surface area contributed by atoms with Gasteiger partial charge < -0.3 is 0 Å². The Morgan fingerprint density at radius 2 is 0.649 bits per heavy atom. The SMILES string of the molecule is CC(C)c1cc(C(C)C)c(S(=O)(=O)NS(=O)(=O)c2c(C(C)C)cc(C(C)C)cc2C(C)C)c(C(C)C)c1. The monoisotopic (exact) mass is 549 g/mol. The van der Waals surface area contributed by atoms with Crippen LogP contribution in [0.25, 0.3) is 0 Å². The van der Waals surface area contributed by atoms with Gasteiger partial charge in [-0.15, -0.1) is 4.13 Å². The van der Waals surface area contributed by atoms with Gasteiger partial charge in [-0.1, -0.05) is 107 Å². The fourth-order valence-corrected chi connectivity index (χ4v) is 8.87. The Balaban J connectivity index is 2.88. The van der Waals surface area contributed by atoms with E-state index in [-0.39, 0.29) is 45.3 Å². The lowest BCUT2D eigenvalue weighted by molar-refractivity contribution is 0.571. The molecule has 5 nitrogen and oxygen atoms in total. The first-order valence-corrected chi connectivity index (χ1v) is 16.4. The summed E-state index contributed by atoms with van der Waals surface area (Å²) in [7, 11) is -8.82. The van der Waals surface area contributed by atoms with Gasteiger partial charge in [0, 0.05) is 0 Å². The van der Waals surface area contributed by atoms with Gasteiger partial charge in [0.25, 0.3) is 20.0 Å². The average Bonchev–Trinajstić information content (AvgIpc) is 2.75. The summed E-state index contributed by atoms with van der Waals surface area (Å²) in [6.45, 7) is 23.8. The van der Waals surface area contributed by atoms with Crippen molar-refractivity contribution in [2.75, 3.05) is 0 Å². The number of hydrogen-bond donors (Lipinski definition) is 1. The minimum atomic E-state index is -4.41. The van der Waals surface area contributed by atoms with Crippen molar-refractivity contribution in [1.29, 1.82) is 0 Å². The first kappa shape index (κ1) is 31.5. The van der Waals surface area contributed by atoms with Crippen LogP contribution in [-0.2, 0) is 20.0 Å². The van der Waals surface area contributed by atoms with Gasteiger partial charge in [-0.25, -0.2) is 16.8 Å². The molecule has 0 spiro atoms. The van der Waals surface area contributed by atoms with E-state index < -0.39 is 20.0 Å². The van der Waals surface area contributed by atoms with Crippen molar-refractivity contribution in [3.63, 3.8) is 0 Å². The van der Waals surface area contributed by atoms with Crippen molar-refractivity contribution in [1.82, 2.24) is 4.13 Å². The molecule has 0 atom stereocenters. The molecule has 1 N–H and O–H groups in total. The summed E-state index contributed by atoms with van der Waals surface area (Å²) in [4.78, 5) is 0.169. The summed E-state index contributed by atoms with van der Waals surface area (Å²) in [5.74, 6) is 0.0123. The van der Waals surface area contributed by atoms with Crippen LogP contribution in [0, 0.1) is 0 Å². The number of hydrogen-bond acceptors (Lipinski definition) is 4. The van der Waals surface area contributed by atoms with Crippen LogP contribution in [0.5, 0.6) is 0 Å². The number of nitrogens with one attached hydrogen (secondary N) is 1. The lowest BCUT2D eigenvalue weighted by Crippen LogP contribution is -2.34. The van der Waals surface area contributed by atoms with Crippen LogP contribution in [-0.4, -0.2) is 16.8 Å². The molecule has 0 aromatic heterocycles. The minimum absolute atomic E-state index is 0.0847. The zero-order chi connectivity index (χ0) is 28.6. The smallest absolute Gasteiger partial charge is 0.206 e. The molecule has 0 aliphatic carbocycles. The number of benzene rings is 2. The maximum Gasteiger partial charge on any atom is 0.254 e. The molecule has 0 bridgehead atoms. The van der Waals surface area contributed by atoms with Gasteiger partial charge in [0.2, 0.25) is 0 Å². The Morgan fingerprint density at radius 3 is 0.811 bits per heavy atom. The number of rotatable bonds is 10. The Morgan fingerprint density at radius 1 is 0.432 bits per heavy atom. The Kier molecular flexibility index (Phi) is 9.87. The highest BCUT2D eigenvalue weighted by molar-refractivity contribution is 8.04. The molecule has 0 saturated heterocycles. The van der Waals surface area contributed by atoms with E-state index in [0.29, 0.717) is 22.3 Å². The normalized spacial score (nSPS) is 13.2. The fraction of sp³-hybridized carbons (Fsp3) is 0.600.